The number of nitrogens with zero attached hydrogens (tertiary/aromatic N) is 2. The third-order valence-electron chi connectivity index (χ3n) is 3.01. The van der Waals surface area contributed by atoms with Crippen LogP contribution < -0.4 is 15.4 Å². The van der Waals surface area contributed by atoms with E-state index in [9.17, 15) is 0 Å². The van der Waals surface area contributed by atoms with Gasteiger partial charge in [-0.25, -0.2) is 9.97 Å². The van der Waals surface area contributed by atoms with Gasteiger partial charge in [-0.1, -0.05) is 6.92 Å². The van der Waals surface area contributed by atoms with Crippen molar-refractivity contribution in [2.24, 2.45) is 0 Å². The van der Waals surface area contributed by atoms with E-state index in [1.807, 2.05) is 45.2 Å². The van der Waals surface area contributed by atoms with Crippen LogP contribution in [0, 0.1) is 6.92 Å². The van der Waals surface area contributed by atoms with Gasteiger partial charge in [0.25, 0.3) is 0 Å². The monoisotopic (exact) mass is 272 g/mol. The number of nitrogens with one attached hydrogen (secondary N) is 2. The van der Waals surface area contributed by atoms with Crippen molar-refractivity contribution in [2.45, 2.75) is 20.3 Å². The molecule has 0 atom stereocenters. The number of hydrogen-bond acceptors (Lipinski definition) is 5. The zero-order chi connectivity index (χ0) is 14.5. The molecule has 0 amide bonds. The summed E-state index contributed by atoms with van der Waals surface area (Å²) in [7, 11) is 3.52. The highest BCUT2D eigenvalue weighted by Crippen LogP contribution is 2.24. The van der Waals surface area contributed by atoms with Crippen molar-refractivity contribution in [1.82, 2.24) is 9.97 Å². The first-order valence-electron chi connectivity index (χ1n) is 6.63. The summed E-state index contributed by atoms with van der Waals surface area (Å²) < 4.78 is 5.26. The van der Waals surface area contributed by atoms with Gasteiger partial charge in [-0.15, -0.1) is 0 Å². The molecule has 1 aromatic heterocycles. The molecule has 0 saturated heterocycles. The minimum atomic E-state index is 0.783. The molecule has 0 fully saturated rings. The second-order valence-corrected chi connectivity index (χ2v) is 4.47. The Labute approximate surface area is 119 Å². The molecule has 2 N–H and O–H groups in total. The van der Waals surface area contributed by atoms with E-state index < -0.39 is 0 Å². The van der Waals surface area contributed by atoms with Crippen LogP contribution in [0.15, 0.2) is 24.3 Å². The average Bonchev–Trinajstić information content (AvgIpc) is 2.47. The van der Waals surface area contributed by atoms with Gasteiger partial charge in [0.1, 0.15) is 23.2 Å². The summed E-state index contributed by atoms with van der Waals surface area (Å²) in [5.41, 5.74) is 2.06. The number of benzene rings is 1. The zero-order valence-corrected chi connectivity index (χ0v) is 12.3. The van der Waals surface area contributed by atoms with Gasteiger partial charge >= 0.3 is 0 Å². The summed E-state index contributed by atoms with van der Waals surface area (Å²) in [5.74, 6) is 3.28. The highest BCUT2D eigenvalue weighted by Gasteiger charge is 2.04. The standard InChI is InChI=1S/C15H20N4O/c1-5-13-18-14(16-3)9-15(19-13)17-11-6-7-12(20-4)10(2)8-11/h6-9H,5H2,1-4H3,(H2,16,17,18,19). The van der Waals surface area contributed by atoms with E-state index in [1.165, 1.54) is 0 Å². The summed E-state index contributed by atoms with van der Waals surface area (Å²) in [6, 6.07) is 7.83. The van der Waals surface area contributed by atoms with Crippen molar-refractivity contribution < 1.29 is 4.74 Å². The second-order valence-electron chi connectivity index (χ2n) is 4.47. The molecule has 0 radical (unpaired) electrons. The molecule has 0 saturated carbocycles. The van der Waals surface area contributed by atoms with Gasteiger partial charge in [-0.3, -0.25) is 0 Å². The zero-order valence-electron chi connectivity index (χ0n) is 12.3. The molecule has 0 unspecified atom stereocenters. The van der Waals surface area contributed by atoms with Crippen LogP contribution in [0.3, 0.4) is 0 Å². The van der Waals surface area contributed by atoms with Crippen LogP contribution in [0.5, 0.6) is 5.75 Å². The Bertz CT molecular complexity index is 576. The van der Waals surface area contributed by atoms with Crippen LogP contribution in [0.1, 0.15) is 18.3 Å². The Morgan fingerprint density at radius 2 is 1.90 bits per heavy atom. The van der Waals surface area contributed by atoms with Crippen molar-refractivity contribution in [3.05, 3.63) is 35.7 Å². The molecule has 106 valence electrons. The molecule has 0 spiro atoms. The van der Waals surface area contributed by atoms with Crippen LogP contribution in [0.25, 0.3) is 0 Å². The van der Waals surface area contributed by atoms with Crippen molar-refractivity contribution in [1.29, 1.82) is 0 Å². The van der Waals surface area contributed by atoms with Crippen molar-refractivity contribution in [2.75, 3.05) is 24.8 Å². The number of hydrogen-bond donors (Lipinski definition) is 2. The maximum absolute atomic E-state index is 5.26. The minimum absolute atomic E-state index is 0.783. The van der Waals surface area contributed by atoms with Gasteiger partial charge < -0.3 is 15.4 Å². The molecule has 20 heavy (non-hydrogen) atoms. The largest absolute Gasteiger partial charge is 0.496 e. The van der Waals surface area contributed by atoms with Gasteiger partial charge in [-0.05, 0) is 30.7 Å². The Balaban J connectivity index is 2.27. The molecule has 0 aliphatic heterocycles. The van der Waals surface area contributed by atoms with Crippen LogP contribution in [-0.4, -0.2) is 24.1 Å². The smallest absolute Gasteiger partial charge is 0.136 e. The molecule has 2 rings (SSSR count). The summed E-state index contributed by atoms with van der Waals surface area (Å²) in [4.78, 5) is 8.85. The predicted molar refractivity (Wildman–Crippen MR) is 82.0 cm³/mol. The SMILES string of the molecule is CCc1nc(NC)cc(Nc2ccc(OC)c(C)c2)n1. The highest BCUT2D eigenvalue weighted by molar-refractivity contribution is 5.61. The minimum Gasteiger partial charge on any atom is -0.496 e. The van der Waals surface area contributed by atoms with E-state index in [1.54, 1.807) is 7.11 Å². The Kier molecular flexibility index (Phi) is 4.40. The van der Waals surface area contributed by atoms with Crippen molar-refractivity contribution >= 4 is 17.3 Å². The average molecular weight is 272 g/mol. The quantitative estimate of drug-likeness (QED) is 0.875. The second kappa shape index (κ2) is 6.23. The molecule has 5 nitrogen and oxygen atoms in total. The summed E-state index contributed by atoms with van der Waals surface area (Å²) in [5, 5.41) is 6.35. The number of rotatable bonds is 5. The van der Waals surface area contributed by atoms with Crippen LogP contribution in [-0.2, 0) is 6.42 Å². The highest BCUT2D eigenvalue weighted by atomic mass is 16.5. The van der Waals surface area contributed by atoms with Gasteiger partial charge in [-0.2, -0.15) is 0 Å². The third kappa shape index (κ3) is 3.17. The lowest BCUT2D eigenvalue weighted by molar-refractivity contribution is 0.412. The first-order valence-corrected chi connectivity index (χ1v) is 6.63. The molecule has 0 bridgehead atoms. The number of ether oxygens (including phenoxy) is 1. The van der Waals surface area contributed by atoms with Gasteiger partial charge in [0.2, 0.25) is 0 Å². The topological polar surface area (TPSA) is 59.1 Å². The van der Waals surface area contributed by atoms with E-state index in [-0.39, 0.29) is 0 Å². The number of anilines is 3. The fourth-order valence-corrected chi connectivity index (χ4v) is 1.95. The normalized spacial score (nSPS) is 10.2. The van der Waals surface area contributed by atoms with Gasteiger partial charge in [0.15, 0.2) is 0 Å². The van der Waals surface area contributed by atoms with Crippen LogP contribution in [0.2, 0.25) is 0 Å². The third-order valence-corrected chi connectivity index (χ3v) is 3.01. The van der Waals surface area contributed by atoms with E-state index in [2.05, 4.69) is 20.6 Å². The summed E-state index contributed by atoms with van der Waals surface area (Å²) >= 11 is 0. The lowest BCUT2D eigenvalue weighted by Gasteiger charge is -2.11. The van der Waals surface area contributed by atoms with Crippen LogP contribution in [0.4, 0.5) is 17.3 Å². The van der Waals surface area contributed by atoms with E-state index in [4.69, 9.17) is 4.74 Å². The van der Waals surface area contributed by atoms with Gasteiger partial charge in [0, 0.05) is 25.2 Å². The molecular weight excluding hydrogens is 252 g/mol. The Morgan fingerprint density at radius 1 is 1.15 bits per heavy atom. The summed E-state index contributed by atoms with van der Waals surface area (Å²) in [6.07, 6.45) is 0.797. The van der Waals surface area contributed by atoms with E-state index in [0.29, 0.717) is 0 Å². The predicted octanol–water partition coefficient (Wildman–Crippen LogP) is 3.14. The van der Waals surface area contributed by atoms with Crippen molar-refractivity contribution in [3.8, 4) is 5.75 Å². The van der Waals surface area contributed by atoms with E-state index in [0.717, 1.165) is 40.9 Å². The molecule has 0 aliphatic carbocycles. The first kappa shape index (κ1) is 14.1. The molecule has 2 aromatic rings. The number of aryl methyl sites for hydroxylation is 2. The number of aromatic nitrogens is 2. The first-order chi connectivity index (χ1) is 9.66. The molecule has 0 aliphatic rings. The number of methoxy groups -OCH3 is 1. The maximum Gasteiger partial charge on any atom is 0.136 e. The fraction of sp³-hybridized carbons (Fsp3) is 0.333. The molecule has 5 heteroatoms. The summed E-state index contributed by atoms with van der Waals surface area (Å²) in [6.45, 7) is 4.05. The van der Waals surface area contributed by atoms with Crippen molar-refractivity contribution in [3.63, 3.8) is 0 Å². The van der Waals surface area contributed by atoms with Gasteiger partial charge in [0.05, 0.1) is 7.11 Å². The Morgan fingerprint density at radius 3 is 2.50 bits per heavy atom. The molecule has 1 aromatic carbocycles. The van der Waals surface area contributed by atoms with Crippen LogP contribution >= 0.6 is 0 Å². The Hall–Kier alpha value is -2.30. The maximum atomic E-state index is 5.26. The lowest BCUT2D eigenvalue weighted by Crippen LogP contribution is -2.03. The molecular formula is C15H20N4O. The fourth-order valence-electron chi connectivity index (χ4n) is 1.95. The van der Waals surface area contributed by atoms with E-state index >= 15 is 0 Å². The molecule has 1 heterocycles. The lowest BCUT2D eigenvalue weighted by atomic mass is 10.2.